The molecule has 5 rings (SSSR count). The number of likely N-dealkylation sites (tertiary alicyclic amines) is 1. The van der Waals surface area contributed by atoms with Crippen LogP contribution in [0.15, 0.2) is 52.9 Å². The van der Waals surface area contributed by atoms with Crippen LogP contribution in [0.2, 0.25) is 0 Å². The maximum atomic E-state index is 14.1. The molecule has 2 aliphatic rings. The number of amides is 3. The van der Waals surface area contributed by atoms with E-state index in [0.717, 1.165) is 11.1 Å². The number of carbonyl (C=O) groups is 4. The number of hydrogen-bond acceptors (Lipinski definition) is 7. The molecule has 11 heteroatoms. The Hall–Kier alpha value is -4.41. The van der Waals surface area contributed by atoms with Gasteiger partial charge in [-0.2, -0.15) is 0 Å². The number of rotatable bonds is 9. The summed E-state index contributed by atoms with van der Waals surface area (Å²) in [7, 11) is 0. The van der Waals surface area contributed by atoms with E-state index in [9.17, 15) is 23.6 Å². The first-order valence-corrected chi connectivity index (χ1v) is 16.8. The SMILES string of the molecule is CCOC(=O)c1cc2cc(NC(=O)[C@H]3[C@H](c4ccccc4C)CCN3C(=O)C3CCC([C@@H](CF)NC(=O)OC(C)(C)C)CC3)ccc2o1. The monoisotopic (exact) mass is 663 g/mol. The molecule has 3 atom stereocenters. The molecule has 2 aromatic carbocycles. The Kier molecular flexibility index (Phi) is 10.8. The van der Waals surface area contributed by atoms with Gasteiger partial charge in [-0.05, 0) is 108 Å². The number of anilines is 1. The van der Waals surface area contributed by atoms with Gasteiger partial charge in [0.2, 0.25) is 17.6 Å². The van der Waals surface area contributed by atoms with Crippen molar-refractivity contribution in [3.63, 3.8) is 0 Å². The van der Waals surface area contributed by atoms with Crippen LogP contribution in [0.1, 0.15) is 87.4 Å². The van der Waals surface area contributed by atoms with E-state index in [1.165, 1.54) is 0 Å². The number of fused-ring (bicyclic) bond motifs is 1. The molecule has 10 nitrogen and oxygen atoms in total. The summed E-state index contributed by atoms with van der Waals surface area (Å²) in [6.45, 7) is 8.93. The van der Waals surface area contributed by atoms with E-state index >= 15 is 0 Å². The highest BCUT2D eigenvalue weighted by molar-refractivity contribution is 6.00. The molecule has 3 amide bonds. The number of alkyl carbamates (subject to hydrolysis) is 1. The Balaban J connectivity index is 1.31. The highest BCUT2D eigenvalue weighted by atomic mass is 19.1. The highest BCUT2D eigenvalue weighted by Gasteiger charge is 2.45. The minimum absolute atomic E-state index is 0.0778. The summed E-state index contributed by atoms with van der Waals surface area (Å²) in [4.78, 5) is 54.5. The summed E-state index contributed by atoms with van der Waals surface area (Å²) in [5, 5.41) is 6.34. The Morgan fingerprint density at radius 1 is 1.02 bits per heavy atom. The van der Waals surface area contributed by atoms with E-state index in [-0.39, 0.29) is 41.9 Å². The van der Waals surface area contributed by atoms with Crippen molar-refractivity contribution < 1.29 is 37.5 Å². The van der Waals surface area contributed by atoms with Gasteiger partial charge in [0, 0.05) is 29.5 Å². The molecule has 2 fully saturated rings. The maximum Gasteiger partial charge on any atom is 0.407 e. The van der Waals surface area contributed by atoms with E-state index < -0.39 is 36.4 Å². The van der Waals surface area contributed by atoms with Crippen LogP contribution in [0.25, 0.3) is 11.0 Å². The number of carbonyl (C=O) groups excluding carboxylic acids is 4. The smallest absolute Gasteiger partial charge is 0.407 e. The Bertz CT molecular complexity index is 1640. The first-order valence-electron chi connectivity index (χ1n) is 16.8. The zero-order valence-electron chi connectivity index (χ0n) is 28.3. The second-order valence-corrected chi connectivity index (χ2v) is 13.8. The normalized spacial score (nSPS) is 21.8. The van der Waals surface area contributed by atoms with Gasteiger partial charge in [-0.25, -0.2) is 14.0 Å². The second kappa shape index (κ2) is 14.8. The van der Waals surface area contributed by atoms with Gasteiger partial charge in [-0.3, -0.25) is 9.59 Å². The fourth-order valence-electron chi connectivity index (χ4n) is 7.08. The third-order valence-electron chi connectivity index (χ3n) is 9.36. The van der Waals surface area contributed by atoms with Crippen molar-refractivity contribution in [3.8, 4) is 0 Å². The average Bonchev–Trinajstić information content (AvgIpc) is 3.68. The van der Waals surface area contributed by atoms with Gasteiger partial charge in [0.15, 0.2) is 0 Å². The van der Waals surface area contributed by atoms with E-state index in [4.69, 9.17) is 13.9 Å². The van der Waals surface area contributed by atoms with Crippen molar-refractivity contribution >= 4 is 40.5 Å². The molecule has 1 aliphatic carbocycles. The fourth-order valence-corrected chi connectivity index (χ4v) is 7.08. The lowest BCUT2D eigenvalue weighted by molar-refractivity contribution is -0.141. The number of esters is 1. The number of alkyl halides is 1. The number of nitrogens with zero attached hydrogens (tertiary/aromatic N) is 1. The predicted molar refractivity (Wildman–Crippen MR) is 179 cm³/mol. The summed E-state index contributed by atoms with van der Waals surface area (Å²) >= 11 is 0. The average molecular weight is 664 g/mol. The number of ether oxygens (including phenoxy) is 2. The number of benzene rings is 2. The second-order valence-electron chi connectivity index (χ2n) is 13.8. The summed E-state index contributed by atoms with van der Waals surface area (Å²) in [6.07, 6.45) is 2.21. The van der Waals surface area contributed by atoms with Crippen molar-refractivity contribution in [2.75, 3.05) is 25.1 Å². The molecule has 1 aromatic heterocycles. The molecule has 2 heterocycles. The molecular formula is C37H46FN3O7. The molecule has 2 N–H and O–H groups in total. The zero-order chi connectivity index (χ0) is 34.6. The van der Waals surface area contributed by atoms with Crippen LogP contribution in [-0.4, -0.2) is 66.3 Å². The van der Waals surface area contributed by atoms with Gasteiger partial charge in [0.25, 0.3) is 0 Å². The van der Waals surface area contributed by atoms with E-state index in [0.29, 0.717) is 55.3 Å². The maximum absolute atomic E-state index is 14.1. The third-order valence-corrected chi connectivity index (χ3v) is 9.36. The summed E-state index contributed by atoms with van der Waals surface area (Å²) in [5.74, 6) is -1.48. The van der Waals surface area contributed by atoms with Gasteiger partial charge in [0.05, 0.1) is 12.6 Å². The molecule has 0 spiro atoms. The van der Waals surface area contributed by atoms with Gasteiger partial charge in [0.1, 0.15) is 23.9 Å². The van der Waals surface area contributed by atoms with Gasteiger partial charge >= 0.3 is 12.1 Å². The molecule has 0 unspecified atom stereocenters. The molecule has 3 aromatic rings. The fraction of sp³-hybridized carbons (Fsp3) is 0.514. The lowest BCUT2D eigenvalue weighted by atomic mass is 9.78. The standard InChI is InChI=1S/C37H46FN3O7/c1-6-46-35(44)31-20-25-19-26(15-16-30(25)47-31)39-33(42)32-28(27-10-8-7-9-22(27)2)17-18-41(32)34(43)24-13-11-23(12-14-24)29(21-38)40-36(45)48-37(3,4)5/h7-10,15-16,19-20,23-24,28-29,32H,6,11-14,17-18,21H2,1-5H3,(H,39,42)(H,40,45)/t23?,24?,28-,29+,32+/m0/s1. The summed E-state index contributed by atoms with van der Waals surface area (Å²) < 4.78 is 30.0. The molecule has 0 bridgehead atoms. The third kappa shape index (κ3) is 7.99. The molecule has 0 radical (unpaired) electrons. The van der Waals surface area contributed by atoms with E-state index in [1.54, 1.807) is 56.9 Å². The highest BCUT2D eigenvalue weighted by Crippen LogP contribution is 2.39. The zero-order valence-corrected chi connectivity index (χ0v) is 28.3. The first-order chi connectivity index (χ1) is 22.9. The molecule has 1 saturated heterocycles. The molecule has 1 saturated carbocycles. The van der Waals surface area contributed by atoms with Crippen molar-refractivity contribution in [1.82, 2.24) is 10.2 Å². The van der Waals surface area contributed by atoms with Crippen molar-refractivity contribution in [1.29, 1.82) is 0 Å². The van der Waals surface area contributed by atoms with Crippen LogP contribution in [0.5, 0.6) is 0 Å². The Morgan fingerprint density at radius 3 is 2.42 bits per heavy atom. The molecule has 258 valence electrons. The number of nitrogens with one attached hydrogen (secondary N) is 2. The van der Waals surface area contributed by atoms with Crippen LogP contribution in [0, 0.1) is 18.8 Å². The van der Waals surface area contributed by atoms with Gasteiger partial charge in [-0.1, -0.05) is 24.3 Å². The van der Waals surface area contributed by atoms with Crippen molar-refractivity contribution in [2.45, 2.75) is 90.3 Å². The summed E-state index contributed by atoms with van der Waals surface area (Å²) in [5.41, 5.74) is 2.39. The largest absolute Gasteiger partial charge is 0.460 e. The van der Waals surface area contributed by atoms with Crippen LogP contribution in [-0.2, 0) is 19.1 Å². The Labute approximate surface area is 280 Å². The van der Waals surface area contributed by atoms with Crippen LogP contribution >= 0.6 is 0 Å². The number of halogens is 1. The summed E-state index contributed by atoms with van der Waals surface area (Å²) in [6, 6.07) is 13.2. The molecule has 1 aliphatic heterocycles. The topological polar surface area (TPSA) is 127 Å². The van der Waals surface area contributed by atoms with Gasteiger partial charge in [-0.15, -0.1) is 0 Å². The van der Waals surface area contributed by atoms with Crippen LogP contribution in [0.3, 0.4) is 0 Å². The minimum atomic E-state index is -0.737. The van der Waals surface area contributed by atoms with E-state index in [1.807, 2.05) is 31.2 Å². The van der Waals surface area contributed by atoms with Crippen molar-refractivity contribution in [2.24, 2.45) is 11.8 Å². The molecule has 48 heavy (non-hydrogen) atoms. The number of hydrogen-bond donors (Lipinski definition) is 2. The lowest BCUT2D eigenvalue weighted by Gasteiger charge is -2.36. The van der Waals surface area contributed by atoms with Crippen LogP contribution < -0.4 is 10.6 Å². The predicted octanol–water partition coefficient (Wildman–Crippen LogP) is 6.91. The number of aryl methyl sites for hydroxylation is 1. The quantitative estimate of drug-likeness (QED) is 0.238. The van der Waals surface area contributed by atoms with E-state index in [2.05, 4.69) is 10.6 Å². The lowest BCUT2D eigenvalue weighted by Crippen LogP contribution is -2.49. The van der Waals surface area contributed by atoms with Crippen molar-refractivity contribution in [3.05, 3.63) is 65.4 Å². The molecular weight excluding hydrogens is 617 g/mol. The van der Waals surface area contributed by atoms with Crippen LogP contribution in [0.4, 0.5) is 14.9 Å². The van der Waals surface area contributed by atoms with Gasteiger partial charge < -0.3 is 29.4 Å². The number of furan rings is 1. The Morgan fingerprint density at radius 2 is 1.75 bits per heavy atom. The minimum Gasteiger partial charge on any atom is -0.460 e. The first kappa shape index (κ1) is 34.9.